The molecule has 0 amide bonds. The van der Waals surface area contributed by atoms with Gasteiger partial charge in [-0.25, -0.2) is 4.68 Å². The number of hydrogen-bond donors (Lipinski definition) is 1. The first-order chi connectivity index (χ1) is 12.7. The number of rotatable bonds is 4. The second-order valence-electron chi connectivity index (χ2n) is 5.93. The number of nitrogens with one attached hydrogen (secondary N) is 1. The first-order valence-electron chi connectivity index (χ1n) is 8.01. The summed E-state index contributed by atoms with van der Waals surface area (Å²) in [4.78, 5) is 16.8. The largest absolute Gasteiger partial charge is 0.573 e. The number of aromatic nitrogens is 2. The minimum absolute atomic E-state index is 0.267. The molecule has 140 valence electrons. The lowest BCUT2D eigenvalue weighted by atomic mass is 10.2. The highest BCUT2D eigenvalue weighted by Crippen LogP contribution is 2.24. The Kier molecular flexibility index (Phi) is 4.89. The summed E-state index contributed by atoms with van der Waals surface area (Å²) in [5.74, 6) is -0.332. The van der Waals surface area contributed by atoms with Crippen LogP contribution in [-0.4, -0.2) is 22.4 Å². The summed E-state index contributed by atoms with van der Waals surface area (Å²) >= 11 is 0. The second-order valence-corrected chi connectivity index (χ2v) is 5.93. The van der Waals surface area contributed by atoms with Gasteiger partial charge in [-0.15, -0.1) is 13.2 Å². The zero-order chi connectivity index (χ0) is 19.6. The molecule has 2 aromatic carbocycles. The highest BCUT2D eigenvalue weighted by molar-refractivity contribution is 5.83. The monoisotopic (exact) mass is 375 g/mol. The maximum Gasteiger partial charge on any atom is 0.573 e. The van der Waals surface area contributed by atoms with Crippen molar-refractivity contribution in [3.63, 3.8) is 0 Å². The number of nitrogens with zero attached hydrogens (tertiary/aromatic N) is 2. The van der Waals surface area contributed by atoms with Crippen molar-refractivity contribution in [2.24, 2.45) is 4.99 Å². The van der Waals surface area contributed by atoms with E-state index in [9.17, 15) is 18.0 Å². The molecule has 0 saturated heterocycles. The molecule has 1 heterocycles. The molecule has 8 heteroatoms. The number of aryl methyl sites for hydroxylation is 2. The molecule has 0 aliphatic carbocycles. The molecule has 0 radical (unpaired) electrons. The third-order valence-corrected chi connectivity index (χ3v) is 3.82. The molecule has 1 N–H and O–H groups in total. The molecule has 27 heavy (non-hydrogen) atoms. The maximum atomic E-state index is 12.6. The molecule has 0 aliphatic heterocycles. The average molecular weight is 375 g/mol. The first-order valence-corrected chi connectivity index (χ1v) is 8.01. The van der Waals surface area contributed by atoms with Gasteiger partial charge in [0.05, 0.1) is 16.9 Å². The maximum absolute atomic E-state index is 12.6. The quantitative estimate of drug-likeness (QED) is 0.686. The van der Waals surface area contributed by atoms with Crippen LogP contribution in [0.5, 0.6) is 5.75 Å². The fraction of sp³-hybridized carbons (Fsp3) is 0.158. The molecule has 3 aromatic rings. The highest BCUT2D eigenvalue weighted by Gasteiger charge is 2.30. The van der Waals surface area contributed by atoms with Gasteiger partial charge in [0.2, 0.25) is 0 Å². The Bertz CT molecular complexity index is 1010. The molecule has 3 rings (SSSR count). The van der Waals surface area contributed by atoms with E-state index in [-0.39, 0.29) is 11.3 Å². The Morgan fingerprint density at radius 1 is 1.04 bits per heavy atom. The van der Waals surface area contributed by atoms with Gasteiger partial charge in [0, 0.05) is 11.9 Å². The smallest absolute Gasteiger partial charge is 0.406 e. The normalized spacial score (nSPS) is 11.9. The molecule has 5 nitrogen and oxygen atoms in total. The number of benzene rings is 2. The van der Waals surface area contributed by atoms with E-state index in [4.69, 9.17) is 0 Å². The van der Waals surface area contributed by atoms with Gasteiger partial charge in [0.15, 0.2) is 0 Å². The summed E-state index contributed by atoms with van der Waals surface area (Å²) in [7, 11) is 0. The van der Waals surface area contributed by atoms with E-state index in [0.717, 1.165) is 17.7 Å². The van der Waals surface area contributed by atoms with Crippen molar-refractivity contribution in [2.75, 3.05) is 0 Å². The SMILES string of the molecule is Cc1ccc(-n2[nH]c(C)c(C=Nc3ccc(OC(F)(F)F)cc3)c2=O)cc1. The van der Waals surface area contributed by atoms with Crippen LogP contribution in [-0.2, 0) is 0 Å². The summed E-state index contributed by atoms with van der Waals surface area (Å²) in [6.07, 6.45) is -3.35. The number of aliphatic imine (C=N–C) groups is 1. The molecular weight excluding hydrogens is 359 g/mol. The van der Waals surface area contributed by atoms with E-state index in [0.29, 0.717) is 22.6 Å². The molecule has 0 bridgehead atoms. The lowest BCUT2D eigenvalue weighted by Gasteiger charge is -2.08. The predicted octanol–water partition coefficient (Wildman–Crippen LogP) is 4.43. The minimum Gasteiger partial charge on any atom is -0.406 e. The number of ether oxygens (including phenoxy) is 1. The lowest BCUT2D eigenvalue weighted by Crippen LogP contribution is -2.17. The van der Waals surface area contributed by atoms with Crippen molar-refractivity contribution in [1.82, 2.24) is 9.78 Å². The molecule has 0 spiro atoms. The first kappa shape index (κ1) is 18.5. The lowest BCUT2D eigenvalue weighted by molar-refractivity contribution is -0.274. The zero-order valence-electron chi connectivity index (χ0n) is 14.5. The Balaban J connectivity index is 1.83. The summed E-state index contributed by atoms with van der Waals surface area (Å²) in [5.41, 5.74) is 2.90. The van der Waals surface area contributed by atoms with E-state index in [1.54, 1.807) is 6.92 Å². The molecule has 0 atom stereocenters. The van der Waals surface area contributed by atoms with Gasteiger partial charge < -0.3 is 4.74 Å². The van der Waals surface area contributed by atoms with E-state index in [1.165, 1.54) is 23.0 Å². The Morgan fingerprint density at radius 3 is 2.26 bits per heavy atom. The number of alkyl halides is 3. The number of aromatic amines is 1. The third-order valence-electron chi connectivity index (χ3n) is 3.82. The number of hydrogen-bond acceptors (Lipinski definition) is 3. The fourth-order valence-corrected chi connectivity index (χ4v) is 2.46. The van der Waals surface area contributed by atoms with E-state index in [2.05, 4.69) is 14.8 Å². The van der Waals surface area contributed by atoms with Crippen molar-refractivity contribution < 1.29 is 17.9 Å². The van der Waals surface area contributed by atoms with Gasteiger partial charge >= 0.3 is 6.36 Å². The molecule has 1 aromatic heterocycles. The van der Waals surface area contributed by atoms with Crippen molar-refractivity contribution in [3.05, 3.63) is 75.7 Å². The van der Waals surface area contributed by atoms with Crippen molar-refractivity contribution in [1.29, 1.82) is 0 Å². The molecule has 0 fully saturated rings. The van der Waals surface area contributed by atoms with Crippen LogP contribution in [0.2, 0.25) is 0 Å². The molecule has 0 saturated carbocycles. The minimum atomic E-state index is -4.74. The fourth-order valence-electron chi connectivity index (χ4n) is 2.46. The molecule has 0 unspecified atom stereocenters. The standard InChI is InChI=1S/C19H16F3N3O2/c1-12-3-7-15(8-4-12)25-18(26)17(13(2)24-25)11-23-14-5-9-16(10-6-14)27-19(20,21)22/h3-11,24H,1-2H3. The molecule has 0 aliphatic rings. The van der Waals surface area contributed by atoms with Crippen LogP contribution in [0.15, 0.2) is 58.3 Å². The van der Waals surface area contributed by atoms with Crippen LogP contribution in [0.1, 0.15) is 16.8 Å². The predicted molar refractivity (Wildman–Crippen MR) is 96.2 cm³/mol. The summed E-state index contributed by atoms with van der Waals surface area (Å²) < 4.78 is 41.7. The van der Waals surface area contributed by atoms with Gasteiger partial charge in [-0.05, 0) is 50.2 Å². The topological polar surface area (TPSA) is 59.4 Å². The summed E-state index contributed by atoms with van der Waals surface area (Å²) in [6, 6.07) is 12.5. The van der Waals surface area contributed by atoms with E-state index >= 15 is 0 Å². The van der Waals surface area contributed by atoms with Crippen LogP contribution in [0.3, 0.4) is 0 Å². The van der Waals surface area contributed by atoms with Gasteiger partial charge in [-0.1, -0.05) is 17.7 Å². The third kappa shape index (κ3) is 4.46. The number of halogens is 3. The Hall–Kier alpha value is -3.29. The van der Waals surface area contributed by atoms with Gasteiger partial charge in [-0.3, -0.25) is 14.9 Å². The van der Waals surface area contributed by atoms with Crippen LogP contribution in [0, 0.1) is 13.8 Å². The van der Waals surface area contributed by atoms with E-state index in [1.807, 2.05) is 31.2 Å². The summed E-state index contributed by atoms with van der Waals surface area (Å²) in [6.45, 7) is 3.70. The average Bonchev–Trinajstić information content (AvgIpc) is 2.88. The van der Waals surface area contributed by atoms with Crippen LogP contribution in [0.25, 0.3) is 5.69 Å². The zero-order valence-corrected chi connectivity index (χ0v) is 14.5. The van der Waals surface area contributed by atoms with Crippen molar-refractivity contribution in [2.45, 2.75) is 20.2 Å². The van der Waals surface area contributed by atoms with E-state index < -0.39 is 6.36 Å². The van der Waals surface area contributed by atoms with Gasteiger partial charge in [0.25, 0.3) is 5.56 Å². The van der Waals surface area contributed by atoms with Crippen molar-refractivity contribution >= 4 is 11.9 Å². The molecular formula is C19H16F3N3O2. The summed E-state index contributed by atoms with van der Waals surface area (Å²) in [5, 5.41) is 2.99. The number of H-pyrrole nitrogens is 1. The van der Waals surface area contributed by atoms with Crippen molar-refractivity contribution in [3.8, 4) is 11.4 Å². The van der Waals surface area contributed by atoms with Gasteiger partial charge in [0.1, 0.15) is 5.75 Å². The Morgan fingerprint density at radius 2 is 1.67 bits per heavy atom. The second kappa shape index (κ2) is 7.14. The van der Waals surface area contributed by atoms with Gasteiger partial charge in [-0.2, -0.15) is 0 Å². The highest BCUT2D eigenvalue weighted by atomic mass is 19.4. The van der Waals surface area contributed by atoms with Crippen LogP contribution < -0.4 is 10.3 Å². The Labute approximate surface area is 152 Å². The van der Waals surface area contributed by atoms with Crippen LogP contribution >= 0.6 is 0 Å². The van der Waals surface area contributed by atoms with Crippen LogP contribution in [0.4, 0.5) is 18.9 Å².